The van der Waals surface area contributed by atoms with E-state index >= 15 is 0 Å². The minimum Gasteiger partial charge on any atom is -0.489 e. The lowest BCUT2D eigenvalue weighted by Gasteiger charge is -2.38. The molecule has 0 bridgehead atoms. The Hall–Kier alpha value is -3.83. The first-order valence-electron chi connectivity index (χ1n) is 12.7. The van der Waals surface area contributed by atoms with Crippen LogP contribution in [-0.4, -0.2) is 69.6 Å². The maximum atomic E-state index is 13.9. The maximum Gasteiger partial charge on any atom is 0.409 e. The van der Waals surface area contributed by atoms with Crippen LogP contribution in [0.4, 0.5) is 14.9 Å². The highest BCUT2D eigenvalue weighted by Crippen LogP contribution is 2.43. The Morgan fingerprint density at radius 3 is 2.27 bits per heavy atom. The Bertz CT molecular complexity index is 1510. The van der Waals surface area contributed by atoms with Crippen molar-refractivity contribution in [2.24, 2.45) is 0 Å². The lowest BCUT2D eigenvalue weighted by atomic mass is 10.0. The third-order valence-electron chi connectivity index (χ3n) is 6.84. The monoisotopic (exact) mass is 587 g/mol. The zero-order valence-corrected chi connectivity index (χ0v) is 23.2. The summed E-state index contributed by atoms with van der Waals surface area (Å²) in [7, 11) is -4.16. The molecule has 0 spiro atoms. The molecule has 2 heterocycles. The summed E-state index contributed by atoms with van der Waals surface area (Å²) in [6.45, 7) is 3.35. The van der Waals surface area contributed by atoms with E-state index < -0.39 is 28.0 Å². The van der Waals surface area contributed by atoms with E-state index in [2.05, 4.69) is 0 Å². The summed E-state index contributed by atoms with van der Waals surface area (Å²) in [4.78, 5) is 28.4. The molecule has 0 radical (unpaired) electrons. The molecule has 2 aliphatic heterocycles. The molecular weight excluding hydrogens is 561 g/mol. The lowest BCUT2D eigenvalue weighted by Crippen LogP contribution is -2.50. The molecule has 0 aromatic heterocycles. The Kier molecular flexibility index (Phi) is 7.86. The second-order valence-electron chi connectivity index (χ2n) is 9.29. The molecule has 0 aliphatic carbocycles. The molecule has 1 saturated heterocycles. The van der Waals surface area contributed by atoms with Crippen molar-refractivity contribution in [3.63, 3.8) is 0 Å². The molecule has 210 valence electrons. The number of nitrogens with zero attached hydrogens (tertiary/aromatic N) is 3. The van der Waals surface area contributed by atoms with Gasteiger partial charge in [-0.2, -0.15) is 0 Å². The number of carbonyl (C=O) groups is 2. The summed E-state index contributed by atoms with van der Waals surface area (Å²) in [6.07, 6.45) is -0.408. The van der Waals surface area contributed by atoms with Gasteiger partial charge in [-0.1, -0.05) is 23.7 Å². The molecule has 9 nitrogen and oxygen atoms in total. The Morgan fingerprint density at radius 1 is 0.975 bits per heavy atom. The quantitative estimate of drug-likeness (QED) is 0.428. The van der Waals surface area contributed by atoms with Crippen molar-refractivity contribution in [1.82, 2.24) is 9.80 Å². The highest BCUT2D eigenvalue weighted by molar-refractivity contribution is 7.92. The van der Waals surface area contributed by atoms with Gasteiger partial charge >= 0.3 is 6.09 Å². The van der Waals surface area contributed by atoms with Gasteiger partial charge in [-0.25, -0.2) is 17.6 Å². The summed E-state index contributed by atoms with van der Waals surface area (Å²) in [5.74, 6) is -0.587. The van der Waals surface area contributed by atoms with Crippen LogP contribution < -0.4 is 9.04 Å². The number of sulfonamides is 1. The molecule has 40 heavy (non-hydrogen) atoms. The second-order valence-corrected chi connectivity index (χ2v) is 11.5. The van der Waals surface area contributed by atoms with Crippen LogP contribution in [0.3, 0.4) is 0 Å². The number of hydrogen-bond donors (Lipinski definition) is 0. The molecule has 1 fully saturated rings. The van der Waals surface area contributed by atoms with Gasteiger partial charge in [0.05, 0.1) is 17.2 Å². The van der Waals surface area contributed by atoms with Crippen molar-refractivity contribution in [3.8, 4) is 5.75 Å². The molecule has 1 unspecified atom stereocenters. The number of carbonyl (C=O) groups excluding carboxylic acids is 2. The third kappa shape index (κ3) is 5.44. The van der Waals surface area contributed by atoms with Gasteiger partial charge in [0.2, 0.25) is 0 Å². The van der Waals surface area contributed by atoms with Gasteiger partial charge < -0.3 is 19.3 Å². The SMILES string of the molecule is CCOC(=O)N1CCN(C(=O)c2ccc3c(c2)OCC(c2ccc(Cl)cc2)N3S(=O)(=O)c2ccc(F)cc2)CC1. The molecular formula is C28H27ClFN3O6S. The fourth-order valence-corrected chi connectivity index (χ4v) is 6.53. The summed E-state index contributed by atoms with van der Waals surface area (Å²) in [5, 5.41) is 0.500. The predicted molar refractivity (Wildman–Crippen MR) is 147 cm³/mol. The van der Waals surface area contributed by atoms with E-state index in [0.29, 0.717) is 42.3 Å². The number of halogens is 2. The van der Waals surface area contributed by atoms with Crippen LogP contribution in [0.2, 0.25) is 5.02 Å². The van der Waals surface area contributed by atoms with Gasteiger partial charge in [-0.3, -0.25) is 9.10 Å². The molecule has 3 aromatic rings. The van der Waals surface area contributed by atoms with E-state index in [4.69, 9.17) is 21.1 Å². The number of amides is 2. The lowest BCUT2D eigenvalue weighted by molar-refractivity contribution is 0.0570. The molecule has 12 heteroatoms. The fourth-order valence-electron chi connectivity index (χ4n) is 4.77. The Labute approximate surface area is 236 Å². The topological polar surface area (TPSA) is 96.5 Å². The molecule has 3 aromatic carbocycles. The minimum atomic E-state index is -4.16. The number of rotatable bonds is 5. The van der Waals surface area contributed by atoms with Crippen LogP contribution in [0, 0.1) is 5.82 Å². The molecule has 2 amide bonds. The number of benzene rings is 3. The van der Waals surface area contributed by atoms with Crippen LogP contribution in [0.1, 0.15) is 28.9 Å². The van der Waals surface area contributed by atoms with Gasteiger partial charge in [0.25, 0.3) is 15.9 Å². The van der Waals surface area contributed by atoms with E-state index in [0.717, 1.165) is 12.1 Å². The van der Waals surface area contributed by atoms with Crippen LogP contribution in [0.5, 0.6) is 5.75 Å². The van der Waals surface area contributed by atoms with Crippen molar-refractivity contribution in [2.75, 3.05) is 43.7 Å². The molecule has 0 saturated carbocycles. The average Bonchev–Trinajstić information content (AvgIpc) is 2.96. The van der Waals surface area contributed by atoms with Crippen LogP contribution >= 0.6 is 11.6 Å². The summed E-state index contributed by atoms with van der Waals surface area (Å²) in [6, 6.07) is 15.3. The zero-order valence-electron chi connectivity index (χ0n) is 21.6. The Balaban J connectivity index is 1.46. The van der Waals surface area contributed by atoms with E-state index in [-0.39, 0.29) is 35.5 Å². The van der Waals surface area contributed by atoms with Crippen LogP contribution in [0.25, 0.3) is 0 Å². The number of hydrogen-bond acceptors (Lipinski definition) is 6. The highest BCUT2D eigenvalue weighted by Gasteiger charge is 2.39. The predicted octanol–water partition coefficient (Wildman–Crippen LogP) is 4.72. The van der Waals surface area contributed by atoms with Crippen molar-refractivity contribution in [1.29, 1.82) is 0 Å². The van der Waals surface area contributed by atoms with Gasteiger partial charge in [0.1, 0.15) is 24.2 Å². The van der Waals surface area contributed by atoms with Crippen molar-refractivity contribution in [2.45, 2.75) is 17.9 Å². The first-order chi connectivity index (χ1) is 19.2. The van der Waals surface area contributed by atoms with Crippen molar-refractivity contribution in [3.05, 3.63) is 88.7 Å². The van der Waals surface area contributed by atoms with Crippen molar-refractivity contribution < 1.29 is 31.9 Å². The van der Waals surface area contributed by atoms with E-state index in [1.54, 1.807) is 53.1 Å². The van der Waals surface area contributed by atoms with E-state index in [1.165, 1.54) is 22.5 Å². The van der Waals surface area contributed by atoms with Crippen LogP contribution in [0.15, 0.2) is 71.6 Å². The number of ether oxygens (including phenoxy) is 2. The zero-order chi connectivity index (χ0) is 28.4. The largest absolute Gasteiger partial charge is 0.489 e. The highest BCUT2D eigenvalue weighted by atomic mass is 35.5. The van der Waals surface area contributed by atoms with Gasteiger partial charge in [-0.15, -0.1) is 0 Å². The van der Waals surface area contributed by atoms with Gasteiger partial charge in [0.15, 0.2) is 0 Å². The summed E-state index contributed by atoms with van der Waals surface area (Å²) >= 11 is 6.06. The van der Waals surface area contributed by atoms with E-state index in [1.807, 2.05) is 0 Å². The number of fused-ring (bicyclic) bond motifs is 1. The first-order valence-corrected chi connectivity index (χ1v) is 14.5. The van der Waals surface area contributed by atoms with Crippen LogP contribution in [-0.2, 0) is 14.8 Å². The number of anilines is 1. The Morgan fingerprint density at radius 2 is 1.62 bits per heavy atom. The van der Waals surface area contributed by atoms with Gasteiger partial charge in [-0.05, 0) is 67.1 Å². The molecule has 5 rings (SSSR count). The summed E-state index contributed by atoms with van der Waals surface area (Å²) in [5.41, 5.74) is 1.23. The van der Waals surface area contributed by atoms with E-state index in [9.17, 15) is 22.4 Å². The molecule has 2 aliphatic rings. The molecule has 0 N–H and O–H groups in total. The maximum absolute atomic E-state index is 13.9. The average molecular weight is 588 g/mol. The first kappa shape index (κ1) is 27.7. The number of piperazine rings is 1. The summed E-state index contributed by atoms with van der Waals surface area (Å²) < 4.78 is 53.7. The second kappa shape index (κ2) is 11.3. The third-order valence-corrected chi connectivity index (χ3v) is 8.93. The minimum absolute atomic E-state index is 0.0229. The fraction of sp³-hybridized carbons (Fsp3) is 0.286. The molecule has 1 atom stereocenters. The van der Waals surface area contributed by atoms with Gasteiger partial charge in [0, 0.05) is 36.8 Å². The normalized spacial score (nSPS) is 17.2. The smallest absolute Gasteiger partial charge is 0.409 e. The van der Waals surface area contributed by atoms with Crippen molar-refractivity contribution >= 4 is 39.3 Å². The standard InChI is InChI=1S/C28H27ClFN3O6S/c1-2-38-28(35)32-15-13-31(14-16-32)27(34)20-5-12-24-26(17-20)39-18-25(19-3-6-21(29)7-4-19)33(24)40(36,37)23-10-8-22(30)9-11-23/h3-12,17,25H,2,13-16,18H2,1H3.